The fraction of sp³-hybridized carbons (Fsp3) is 0.167. The van der Waals surface area contributed by atoms with Crippen molar-refractivity contribution in [2.24, 2.45) is 0 Å². The van der Waals surface area contributed by atoms with Crippen LogP contribution in [0.3, 0.4) is 0 Å². The number of rotatable bonds is 7. The smallest absolute Gasteiger partial charge is 0.261 e. The molecule has 0 aliphatic carbocycles. The molecule has 0 spiro atoms. The summed E-state index contributed by atoms with van der Waals surface area (Å²) in [5.74, 6) is 1.22. The predicted octanol–water partition coefficient (Wildman–Crippen LogP) is 6.88. The maximum atomic E-state index is 13.2. The summed E-state index contributed by atoms with van der Waals surface area (Å²) < 4.78 is 7.47. The summed E-state index contributed by atoms with van der Waals surface area (Å²) in [5, 5.41) is 2.28. The molecule has 4 nitrogen and oxygen atoms in total. The van der Waals surface area contributed by atoms with Gasteiger partial charge in [0.15, 0.2) is 0 Å². The number of hydrogen-bond acceptors (Lipinski definition) is 3. The lowest BCUT2D eigenvalue weighted by atomic mass is 10.1. The molecule has 0 radical (unpaired) electrons. The summed E-state index contributed by atoms with van der Waals surface area (Å²) in [4.78, 5) is 17.9. The molecule has 0 bridgehead atoms. The van der Waals surface area contributed by atoms with Crippen molar-refractivity contribution in [2.45, 2.75) is 19.4 Å². The molecule has 0 saturated carbocycles. The lowest BCUT2D eigenvalue weighted by Crippen LogP contribution is -2.24. The molecule has 0 amide bonds. The van der Waals surface area contributed by atoms with Crippen LogP contribution in [0.1, 0.15) is 12.8 Å². The zero-order valence-electron chi connectivity index (χ0n) is 16.5. The first-order chi connectivity index (χ1) is 15.0. The van der Waals surface area contributed by atoms with E-state index in [9.17, 15) is 4.79 Å². The number of fused-ring (bicyclic) bond motifs is 1. The highest BCUT2D eigenvalue weighted by Gasteiger charge is 2.13. The van der Waals surface area contributed by atoms with Gasteiger partial charge in [-0.15, -0.1) is 0 Å². The zero-order chi connectivity index (χ0) is 21.8. The predicted molar refractivity (Wildman–Crippen MR) is 128 cm³/mol. The normalized spacial score (nSPS) is 11.1. The van der Waals surface area contributed by atoms with Gasteiger partial charge in [0.05, 0.1) is 22.5 Å². The van der Waals surface area contributed by atoms with Crippen LogP contribution in [0.15, 0.2) is 71.5 Å². The molecular weight excluding hydrogens is 455 g/mol. The van der Waals surface area contributed by atoms with Crippen molar-refractivity contribution in [1.82, 2.24) is 9.55 Å². The molecule has 1 heterocycles. The van der Waals surface area contributed by atoms with Crippen LogP contribution in [0.25, 0.3) is 22.3 Å². The van der Waals surface area contributed by atoms with Gasteiger partial charge in [-0.25, -0.2) is 4.98 Å². The van der Waals surface area contributed by atoms with E-state index in [1.54, 1.807) is 41.0 Å². The fourth-order valence-corrected chi connectivity index (χ4v) is 3.93. The van der Waals surface area contributed by atoms with Crippen LogP contribution in [-0.2, 0) is 6.54 Å². The van der Waals surface area contributed by atoms with E-state index < -0.39 is 0 Å². The molecule has 31 heavy (non-hydrogen) atoms. The van der Waals surface area contributed by atoms with Crippen molar-refractivity contribution in [3.8, 4) is 17.1 Å². The third kappa shape index (κ3) is 5.04. The minimum Gasteiger partial charge on any atom is -0.492 e. The Hall–Kier alpha value is -2.53. The largest absolute Gasteiger partial charge is 0.492 e. The standard InChI is InChI=1S/C24H19Cl3N2O2/c25-17-9-7-16(8-10-17)23-28-21-6-2-1-5-19(21)24(30)29(23)13-3-4-14-31-22-12-11-18(26)15-20(22)27/h1-2,5-12,15H,3-4,13-14H2. The summed E-state index contributed by atoms with van der Waals surface area (Å²) in [6, 6.07) is 19.9. The van der Waals surface area contributed by atoms with E-state index in [1.807, 2.05) is 30.3 Å². The van der Waals surface area contributed by atoms with Gasteiger partial charge >= 0.3 is 0 Å². The van der Waals surface area contributed by atoms with Crippen LogP contribution in [0.4, 0.5) is 0 Å². The first-order valence-electron chi connectivity index (χ1n) is 9.86. The van der Waals surface area contributed by atoms with Gasteiger partial charge in [0, 0.05) is 22.2 Å². The van der Waals surface area contributed by atoms with Gasteiger partial charge in [0.25, 0.3) is 5.56 Å². The fourth-order valence-electron chi connectivity index (χ4n) is 3.34. The number of halogens is 3. The number of unbranched alkanes of at least 4 members (excludes halogenated alkanes) is 1. The monoisotopic (exact) mass is 472 g/mol. The van der Waals surface area contributed by atoms with Gasteiger partial charge in [-0.3, -0.25) is 9.36 Å². The summed E-state index contributed by atoms with van der Waals surface area (Å²) in [5.41, 5.74) is 1.46. The van der Waals surface area contributed by atoms with E-state index >= 15 is 0 Å². The molecule has 0 fully saturated rings. The number of hydrogen-bond donors (Lipinski definition) is 0. The number of benzene rings is 3. The lowest BCUT2D eigenvalue weighted by molar-refractivity contribution is 0.303. The van der Waals surface area contributed by atoms with Crippen LogP contribution < -0.4 is 10.3 Å². The Kier molecular flexibility index (Phi) is 6.81. The maximum absolute atomic E-state index is 13.2. The van der Waals surface area contributed by atoms with Crippen molar-refractivity contribution in [2.75, 3.05) is 6.61 Å². The third-order valence-corrected chi connectivity index (χ3v) is 5.67. The van der Waals surface area contributed by atoms with Gasteiger partial charge in [-0.2, -0.15) is 0 Å². The van der Waals surface area contributed by atoms with E-state index in [1.165, 1.54) is 0 Å². The summed E-state index contributed by atoms with van der Waals surface area (Å²) in [6.07, 6.45) is 1.49. The lowest BCUT2D eigenvalue weighted by Gasteiger charge is -2.14. The number of nitrogens with zero attached hydrogens (tertiary/aromatic N) is 2. The maximum Gasteiger partial charge on any atom is 0.261 e. The summed E-state index contributed by atoms with van der Waals surface area (Å²) >= 11 is 18.1. The second-order valence-corrected chi connectivity index (χ2v) is 8.33. The average molecular weight is 474 g/mol. The molecule has 4 rings (SSSR count). The van der Waals surface area contributed by atoms with Crippen molar-refractivity contribution < 1.29 is 4.74 Å². The van der Waals surface area contributed by atoms with Gasteiger partial charge in [0.1, 0.15) is 11.6 Å². The average Bonchev–Trinajstić information content (AvgIpc) is 2.76. The van der Waals surface area contributed by atoms with Crippen molar-refractivity contribution in [3.05, 3.63) is 92.2 Å². The Balaban J connectivity index is 1.53. The molecule has 0 aliphatic rings. The van der Waals surface area contributed by atoms with Gasteiger partial charge in [-0.1, -0.05) is 46.9 Å². The van der Waals surface area contributed by atoms with Crippen molar-refractivity contribution in [1.29, 1.82) is 0 Å². The Morgan fingerprint density at radius 1 is 0.871 bits per heavy atom. The van der Waals surface area contributed by atoms with E-state index in [0.29, 0.717) is 50.7 Å². The molecule has 0 atom stereocenters. The number of para-hydroxylation sites is 1. The van der Waals surface area contributed by atoms with Crippen molar-refractivity contribution in [3.63, 3.8) is 0 Å². The Morgan fingerprint density at radius 3 is 2.39 bits per heavy atom. The van der Waals surface area contributed by atoms with Crippen LogP contribution in [0.5, 0.6) is 5.75 Å². The molecule has 4 aromatic rings. The van der Waals surface area contributed by atoms with Gasteiger partial charge in [0.2, 0.25) is 0 Å². The highest BCUT2D eigenvalue weighted by Crippen LogP contribution is 2.27. The molecule has 158 valence electrons. The van der Waals surface area contributed by atoms with Crippen LogP contribution in [-0.4, -0.2) is 16.2 Å². The van der Waals surface area contributed by atoms with E-state index in [0.717, 1.165) is 18.4 Å². The second kappa shape index (κ2) is 9.73. The minimum atomic E-state index is -0.0581. The molecular formula is C24H19Cl3N2O2. The van der Waals surface area contributed by atoms with Crippen LogP contribution in [0.2, 0.25) is 15.1 Å². The molecule has 0 saturated heterocycles. The molecule has 3 aromatic carbocycles. The molecule has 0 unspecified atom stereocenters. The Bertz CT molecular complexity index is 1270. The number of aromatic nitrogens is 2. The second-order valence-electron chi connectivity index (χ2n) is 7.05. The van der Waals surface area contributed by atoms with E-state index in [-0.39, 0.29) is 5.56 Å². The minimum absolute atomic E-state index is 0.0581. The third-order valence-electron chi connectivity index (χ3n) is 4.89. The molecule has 0 aliphatic heterocycles. The molecule has 7 heteroatoms. The Labute approximate surface area is 195 Å². The summed E-state index contributed by atoms with van der Waals surface area (Å²) in [6.45, 7) is 1.000. The quantitative estimate of drug-likeness (QED) is 0.275. The van der Waals surface area contributed by atoms with Crippen LogP contribution >= 0.6 is 34.8 Å². The van der Waals surface area contributed by atoms with Crippen molar-refractivity contribution >= 4 is 45.7 Å². The SMILES string of the molecule is O=c1c2ccccc2nc(-c2ccc(Cl)cc2)n1CCCCOc1ccc(Cl)cc1Cl. The zero-order valence-corrected chi connectivity index (χ0v) is 18.8. The molecule has 1 aromatic heterocycles. The summed E-state index contributed by atoms with van der Waals surface area (Å²) in [7, 11) is 0. The Morgan fingerprint density at radius 2 is 1.61 bits per heavy atom. The van der Waals surface area contributed by atoms with E-state index in [2.05, 4.69) is 0 Å². The topological polar surface area (TPSA) is 44.1 Å². The first kappa shape index (κ1) is 21.7. The number of ether oxygens (including phenoxy) is 1. The molecule has 0 N–H and O–H groups in total. The van der Waals surface area contributed by atoms with Gasteiger partial charge < -0.3 is 4.74 Å². The van der Waals surface area contributed by atoms with E-state index in [4.69, 9.17) is 44.5 Å². The highest BCUT2D eigenvalue weighted by atomic mass is 35.5. The van der Waals surface area contributed by atoms with Gasteiger partial charge in [-0.05, 0) is 67.4 Å². The first-order valence-corrected chi connectivity index (χ1v) is 11.0. The van der Waals surface area contributed by atoms with Crippen LogP contribution in [0, 0.1) is 0 Å². The highest BCUT2D eigenvalue weighted by molar-refractivity contribution is 6.35.